The zero-order valence-electron chi connectivity index (χ0n) is 8.09. The molecular formula is C8H11ClN2O3S. The third-order valence-corrected chi connectivity index (χ3v) is 4.13. The Labute approximate surface area is 93.4 Å². The molecule has 1 heterocycles. The second-order valence-corrected chi connectivity index (χ2v) is 5.21. The Morgan fingerprint density at radius 2 is 2.27 bits per heavy atom. The molecule has 0 aliphatic heterocycles. The molecule has 0 aliphatic carbocycles. The van der Waals surface area contributed by atoms with Crippen LogP contribution in [-0.2, 0) is 10.0 Å². The predicted octanol–water partition coefficient (Wildman–Crippen LogP) is 0.348. The number of aliphatic hydroxyl groups excluding tert-OH is 1. The van der Waals surface area contributed by atoms with Crippen molar-refractivity contribution in [3.63, 3.8) is 0 Å². The fourth-order valence-electron chi connectivity index (χ4n) is 0.993. The summed E-state index contributed by atoms with van der Waals surface area (Å²) >= 11 is 5.67. The molecule has 0 amide bonds. The van der Waals surface area contributed by atoms with Crippen LogP contribution in [0.15, 0.2) is 23.2 Å². The minimum atomic E-state index is -3.65. The van der Waals surface area contributed by atoms with E-state index < -0.39 is 10.0 Å². The summed E-state index contributed by atoms with van der Waals surface area (Å²) in [4.78, 5) is 3.63. The van der Waals surface area contributed by atoms with Gasteiger partial charge in [0.25, 0.3) is 0 Å². The Kier molecular flexibility index (Phi) is 4.04. The molecule has 0 radical (unpaired) electrons. The minimum absolute atomic E-state index is 0.0214. The monoisotopic (exact) mass is 250 g/mol. The van der Waals surface area contributed by atoms with Crippen LogP contribution in [0.2, 0.25) is 5.15 Å². The van der Waals surface area contributed by atoms with E-state index >= 15 is 0 Å². The Morgan fingerprint density at radius 1 is 1.60 bits per heavy atom. The summed E-state index contributed by atoms with van der Waals surface area (Å²) in [6, 6.07) is 2.87. The summed E-state index contributed by atoms with van der Waals surface area (Å²) in [7, 11) is -2.28. The van der Waals surface area contributed by atoms with Crippen LogP contribution in [0, 0.1) is 0 Å². The van der Waals surface area contributed by atoms with Crippen molar-refractivity contribution in [3.05, 3.63) is 23.5 Å². The highest BCUT2D eigenvalue weighted by Crippen LogP contribution is 2.20. The van der Waals surface area contributed by atoms with Crippen LogP contribution < -0.4 is 0 Å². The summed E-state index contributed by atoms with van der Waals surface area (Å²) in [5.41, 5.74) is 0. The second kappa shape index (κ2) is 4.89. The highest BCUT2D eigenvalue weighted by atomic mass is 35.5. The number of sulfonamides is 1. The lowest BCUT2D eigenvalue weighted by Gasteiger charge is -2.15. The molecule has 0 bridgehead atoms. The first kappa shape index (κ1) is 12.4. The van der Waals surface area contributed by atoms with Crippen molar-refractivity contribution >= 4 is 21.6 Å². The van der Waals surface area contributed by atoms with Gasteiger partial charge in [-0.05, 0) is 12.1 Å². The maximum Gasteiger partial charge on any atom is 0.245 e. The molecule has 0 saturated heterocycles. The van der Waals surface area contributed by atoms with Gasteiger partial charge in [-0.2, -0.15) is 4.31 Å². The van der Waals surface area contributed by atoms with Crippen LogP contribution in [0.5, 0.6) is 0 Å². The van der Waals surface area contributed by atoms with E-state index in [1.165, 1.54) is 25.4 Å². The van der Waals surface area contributed by atoms with Gasteiger partial charge >= 0.3 is 0 Å². The topological polar surface area (TPSA) is 70.5 Å². The van der Waals surface area contributed by atoms with E-state index in [2.05, 4.69) is 4.98 Å². The first-order valence-electron chi connectivity index (χ1n) is 4.18. The molecule has 0 unspecified atom stereocenters. The summed E-state index contributed by atoms with van der Waals surface area (Å²) in [5, 5.41) is 8.59. The molecule has 1 N–H and O–H groups in total. The number of pyridine rings is 1. The average Bonchev–Trinajstić information content (AvgIpc) is 2.18. The SMILES string of the molecule is CN(CCO)S(=O)(=O)c1cccnc1Cl. The average molecular weight is 251 g/mol. The van der Waals surface area contributed by atoms with Crippen molar-refractivity contribution in [2.45, 2.75) is 4.90 Å². The third-order valence-electron chi connectivity index (χ3n) is 1.83. The number of rotatable bonds is 4. The lowest BCUT2D eigenvalue weighted by Crippen LogP contribution is -2.29. The normalized spacial score (nSPS) is 12.0. The van der Waals surface area contributed by atoms with E-state index in [1.54, 1.807) is 0 Å². The smallest absolute Gasteiger partial charge is 0.245 e. The lowest BCUT2D eigenvalue weighted by molar-refractivity contribution is 0.266. The van der Waals surface area contributed by atoms with Crippen molar-refractivity contribution < 1.29 is 13.5 Å². The van der Waals surface area contributed by atoms with E-state index in [4.69, 9.17) is 16.7 Å². The zero-order valence-corrected chi connectivity index (χ0v) is 9.66. The van der Waals surface area contributed by atoms with Gasteiger partial charge in [0.2, 0.25) is 10.0 Å². The molecule has 0 atom stereocenters. The highest BCUT2D eigenvalue weighted by molar-refractivity contribution is 7.89. The molecule has 7 heteroatoms. The molecular weight excluding hydrogens is 240 g/mol. The zero-order chi connectivity index (χ0) is 11.5. The van der Waals surface area contributed by atoms with Crippen LogP contribution in [0.4, 0.5) is 0 Å². The third kappa shape index (κ3) is 2.66. The number of hydrogen-bond acceptors (Lipinski definition) is 4. The fourth-order valence-corrected chi connectivity index (χ4v) is 2.58. The standard InChI is InChI=1S/C8H11ClN2O3S/c1-11(5-6-12)15(13,14)7-3-2-4-10-8(7)9/h2-4,12H,5-6H2,1H3. The number of halogens is 1. The summed E-state index contributed by atoms with van der Waals surface area (Å²) < 4.78 is 24.7. The molecule has 5 nitrogen and oxygen atoms in total. The van der Waals surface area contributed by atoms with Gasteiger partial charge in [-0.3, -0.25) is 0 Å². The quantitative estimate of drug-likeness (QED) is 0.783. The van der Waals surface area contributed by atoms with Gasteiger partial charge in [-0.15, -0.1) is 0 Å². The van der Waals surface area contributed by atoms with Crippen molar-refractivity contribution in [2.75, 3.05) is 20.2 Å². The second-order valence-electron chi connectivity index (χ2n) is 2.84. The molecule has 84 valence electrons. The molecule has 15 heavy (non-hydrogen) atoms. The molecule has 0 aromatic carbocycles. The van der Waals surface area contributed by atoms with E-state index in [9.17, 15) is 8.42 Å². The van der Waals surface area contributed by atoms with E-state index in [-0.39, 0.29) is 23.2 Å². The first-order chi connectivity index (χ1) is 7.00. The van der Waals surface area contributed by atoms with Crippen LogP contribution in [0.3, 0.4) is 0 Å². The highest BCUT2D eigenvalue weighted by Gasteiger charge is 2.23. The summed E-state index contributed by atoms with van der Waals surface area (Å²) in [6.45, 7) is -0.221. The number of likely N-dealkylation sites (N-methyl/N-ethyl adjacent to an activating group) is 1. The molecule has 1 aromatic heterocycles. The van der Waals surface area contributed by atoms with E-state index in [0.29, 0.717) is 0 Å². The van der Waals surface area contributed by atoms with E-state index in [1.807, 2.05) is 0 Å². The molecule has 0 spiro atoms. The lowest BCUT2D eigenvalue weighted by atomic mass is 10.5. The number of nitrogens with zero attached hydrogens (tertiary/aromatic N) is 2. The van der Waals surface area contributed by atoms with Gasteiger partial charge in [0.1, 0.15) is 10.0 Å². The van der Waals surface area contributed by atoms with Crippen LogP contribution in [0.25, 0.3) is 0 Å². The van der Waals surface area contributed by atoms with Gasteiger partial charge in [-0.1, -0.05) is 11.6 Å². The Balaban J connectivity index is 3.12. The van der Waals surface area contributed by atoms with Crippen molar-refractivity contribution in [2.24, 2.45) is 0 Å². The maximum atomic E-state index is 11.8. The Bertz CT molecular complexity index is 435. The van der Waals surface area contributed by atoms with Crippen LogP contribution in [0.1, 0.15) is 0 Å². The minimum Gasteiger partial charge on any atom is -0.395 e. The van der Waals surface area contributed by atoms with Crippen LogP contribution in [-0.4, -0.2) is 43.0 Å². The van der Waals surface area contributed by atoms with Crippen molar-refractivity contribution in [1.29, 1.82) is 0 Å². The first-order valence-corrected chi connectivity index (χ1v) is 5.99. The van der Waals surface area contributed by atoms with Gasteiger partial charge < -0.3 is 5.11 Å². The fraction of sp³-hybridized carbons (Fsp3) is 0.375. The Morgan fingerprint density at radius 3 is 2.80 bits per heavy atom. The van der Waals surface area contributed by atoms with Crippen molar-refractivity contribution in [3.8, 4) is 0 Å². The van der Waals surface area contributed by atoms with Gasteiger partial charge in [0, 0.05) is 19.8 Å². The van der Waals surface area contributed by atoms with E-state index in [0.717, 1.165) is 4.31 Å². The van der Waals surface area contributed by atoms with Crippen molar-refractivity contribution in [1.82, 2.24) is 9.29 Å². The number of aromatic nitrogens is 1. The Hall–Kier alpha value is -0.690. The summed E-state index contributed by atoms with van der Waals surface area (Å²) in [6.07, 6.45) is 1.41. The molecule has 1 rings (SSSR count). The van der Waals surface area contributed by atoms with Gasteiger partial charge in [0.05, 0.1) is 6.61 Å². The maximum absolute atomic E-state index is 11.8. The number of hydrogen-bond donors (Lipinski definition) is 1. The van der Waals surface area contributed by atoms with Gasteiger partial charge in [0.15, 0.2) is 0 Å². The molecule has 1 aromatic rings. The predicted molar refractivity (Wildman–Crippen MR) is 56.1 cm³/mol. The van der Waals surface area contributed by atoms with Gasteiger partial charge in [-0.25, -0.2) is 13.4 Å². The largest absolute Gasteiger partial charge is 0.395 e. The summed E-state index contributed by atoms with van der Waals surface area (Å²) in [5.74, 6) is 0. The van der Waals surface area contributed by atoms with Crippen LogP contribution >= 0.6 is 11.6 Å². The molecule has 0 aliphatic rings. The number of aliphatic hydroxyl groups is 1. The molecule has 0 saturated carbocycles. The molecule has 0 fully saturated rings.